The molecule has 4 aromatic carbocycles. The second-order valence-corrected chi connectivity index (χ2v) is 9.63. The van der Waals surface area contributed by atoms with Crippen LogP contribution in [-0.4, -0.2) is 20.8 Å². The number of benzene rings is 4. The molecular weight excluding hydrogens is 488 g/mol. The first-order chi connectivity index (χ1) is 19.0. The van der Waals surface area contributed by atoms with Crippen molar-refractivity contribution in [1.29, 1.82) is 0 Å². The summed E-state index contributed by atoms with van der Waals surface area (Å²) in [7, 11) is 0. The quantitative estimate of drug-likeness (QED) is 0.149. The topological polar surface area (TPSA) is 73.6 Å². The van der Waals surface area contributed by atoms with Crippen molar-refractivity contribution in [3.63, 3.8) is 0 Å². The summed E-state index contributed by atoms with van der Waals surface area (Å²) in [6.07, 6.45) is 1.71. The van der Waals surface area contributed by atoms with Crippen LogP contribution in [0.3, 0.4) is 0 Å². The Bertz CT molecular complexity index is 1570. The number of hydrogen-bond donors (Lipinski definition) is 1. The third-order valence-corrected chi connectivity index (χ3v) is 6.82. The molecule has 198 valence electrons. The molecule has 5 rings (SSSR count). The normalized spacial score (nSPS) is 11.0. The number of fused-ring (bicyclic) bond motifs is 1. The summed E-state index contributed by atoms with van der Waals surface area (Å²) in [6, 6.07) is 29.6. The smallest absolute Gasteiger partial charge is 0.487 e. The summed E-state index contributed by atoms with van der Waals surface area (Å²) in [6.45, 7) is 5.42. The fourth-order valence-electron chi connectivity index (χ4n) is 4.79. The summed E-state index contributed by atoms with van der Waals surface area (Å²) in [5, 5.41) is 9.10. The van der Waals surface area contributed by atoms with E-state index in [9.17, 15) is 4.79 Å². The van der Waals surface area contributed by atoms with Crippen LogP contribution in [0.2, 0.25) is 0 Å². The summed E-state index contributed by atoms with van der Waals surface area (Å²) in [5.41, 5.74) is 6.97. The maximum absolute atomic E-state index is 11.1. The molecule has 39 heavy (non-hydrogen) atoms. The Morgan fingerprint density at radius 1 is 0.872 bits per heavy atom. The molecule has 0 saturated heterocycles. The van der Waals surface area contributed by atoms with Gasteiger partial charge in [-0.05, 0) is 47.7 Å². The lowest BCUT2D eigenvalue weighted by Gasteiger charge is -2.14. The lowest BCUT2D eigenvalue weighted by Crippen LogP contribution is -2.07. The van der Waals surface area contributed by atoms with Gasteiger partial charge < -0.3 is 19.1 Å². The number of imidazole rings is 1. The molecule has 5 aromatic rings. The van der Waals surface area contributed by atoms with Crippen LogP contribution in [0.4, 0.5) is 4.79 Å². The number of carbonyl (C=O) groups is 1. The minimum Gasteiger partial charge on any atom is -0.487 e. The van der Waals surface area contributed by atoms with Gasteiger partial charge in [0.25, 0.3) is 0 Å². The maximum Gasteiger partial charge on any atom is 0.511 e. The van der Waals surface area contributed by atoms with Crippen LogP contribution >= 0.6 is 0 Å². The molecule has 0 aliphatic heterocycles. The van der Waals surface area contributed by atoms with Gasteiger partial charge >= 0.3 is 6.16 Å². The number of unbranched alkanes of at least 4 members (excludes halogenated alkanes) is 1. The first-order valence-corrected chi connectivity index (χ1v) is 13.3. The molecule has 0 bridgehead atoms. The molecule has 1 aromatic heterocycles. The zero-order valence-electron chi connectivity index (χ0n) is 22.3. The number of hydrogen-bond acceptors (Lipinski definition) is 4. The van der Waals surface area contributed by atoms with Crippen LogP contribution in [0.25, 0.3) is 22.2 Å². The molecule has 0 aliphatic carbocycles. The van der Waals surface area contributed by atoms with Crippen molar-refractivity contribution in [2.75, 3.05) is 0 Å². The van der Waals surface area contributed by atoms with E-state index in [1.807, 2.05) is 48.5 Å². The Morgan fingerprint density at radius 3 is 2.36 bits per heavy atom. The van der Waals surface area contributed by atoms with Crippen molar-refractivity contribution in [2.45, 2.75) is 46.3 Å². The molecule has 0 aliphatic rings. The van der Waals surface area contributed by atoms with E-state index in [2.05, 4.69) is 48.7 Å². The molecule has 0 amide bonds. The zero-order valence-corrected chi connectivity index (χ0v) is 22.3. The highest BCUT2D eigenvalue weighted by atomic mass is 16.7. The van der Waals surface area contributed by atoms with Gasteiger partial charge in [-0.15, -0.1) is 0 Å². The third kappa shape index (κ3) is 5.96. The molecule has 0 unspecified atom stereocenters. The van der Waals surface area contributed by atoms with Crippen molar-refractivity contribution in [1.82, 2.24) is 9.55 Å². The second-order valence-electron chi connectivity index (χ2n) is 9.63. The van der Waals surface area contributed by atoms with E-state index in [0.717, 1.165) is 69.7 Å². The molecule has 0 atom stereocenters. The molecule has 1 heterocycles. The molecule has 6 nitrogen and oxygen atoms in total. The monoisotopic (exact) mass is 520 g/mol. The predicted octanol–water partition coefficient (Wildman–Crippen LogP) is 8.04. The highest BCUT2D eigenvalue weighted by molar-refractivity contribution is 5.86. The van der Waals surface area contributed by atoms with Crippen LogP contribution in [0, 0.1) is 6.92 Å². The fraction of sp³-hybridized carbons (Fsp3) is 0.212. The van der Waals surface area contributed by atoms with Crippen molar-refractivity contribution < 1.29 is 19.4 Å². The van der Waals surface area contributed by atoms with Crippen LogP contribution in [-0.2, 0) is 19.6 Å². The Balaban J connectivity index is 1.49. The Morgan fingerprint density at radius 2 is 1.62 bits per heavy atom. The van der Waals surface area contributed by atoms with Gasteiger partial charge in [-0.1, -0.05) is 92.2 Å². The number of ether oxygens (including phenoxy) is 2. The fourth-order valence-corrected chi connectivity index (χ4v) is 4.79. The second kappa shape index (κ2) is 11.9. The van der Waals surface area contributed by atoms with Gasteiger partial charge in [0.05, 0.1) is 5.52 Å². The summed E-state index contributed by atoms with van der Waals surface area (Å²) in [4.78, 5) is 16.2. The molecule has 6 heteroatoms. The Kier molecular flexibility index (Phi) is 7.92. The van der Waals surface area contributed by atoms with Crippen LogP contribution in [0.1, 0.15) is 42.3 Å². The van der Waals surface area contributed by atoms with E-state index in [0.29, 0.717) is 18.9 Å². The lowest BCUT2D eigenvalue weighted by molar-refractivity contribution is 0.144. The minimum absolute atomic E-state index is 0.316. The molecule has 1 N–H and O–H groups in total. The standard InChI is InChI=1S/C33H32N2O4/c1-3-4-14-30-34-31-23(2)15-20-29(38-22-25-10-6-5-7-11-25)32(31)35(30)21-24-16-18-26(19-17-24)27-12-8-9-13-28(27)39-33(36)37/h5-13,15-20H,3-4,14,21-22H2,1-2H3,(H,36,37). The van der Waals surface area contributed by atoms with E-state index in [-0.39, 0.29) is 0 Å². The van der Waals surface area contributed by atoms with Gasteiger partial charge in [-0.3, -0.25) is 0 Å². The van der Waals surface area contributed by atoms with Gasteiger partial charge in [-0.2, -0.15) is 0 Å². The maximum atomic E-state index is 11.1. The predicted molar refractivity (Wildman–Crippen MR) is 153 cm³/mol. The van der Waals surface area contributed by atoms with Gasteiger partial charge in [0, 0.05) is 18.5 Å². The van der Waals surface area contributed by atoms with Gasteiger partial charge in [0.2, 0.25) is 0 Å². The Hall–Kier alpha value is -4.58. The van der Waals surface area contributed by atoms with E-state index in [1.165, 1.54) is 0 Å². The largest absolute Gasteiger partial charge is 0.511 e. The first kappa shape index (κ1) is 26.0. The number of aromatic nitrogens is 2. The van der Waals surface area contributed by atoms with E-state index < -0.39 is 6.16 Å². The Labute approximate surface area is 228 Å². The molecular formula is C33H32N2O4. The van der Waals surface area contributed by atoms with Gasteiger partial charge in [0.1, 0.15) is 29.4 Å². The molecule has 0 saturated carbocycles. The van der Waals surface area contributed by atoms with Crippen molar-refractivity contribution >= 4 is 17.2 Å². The third-order valence-electron chi connectivity index (χ3n) is 6.82. The van der Waals surface area contributed by atoms with Crippen LogP contribution in [0.5, 0.6) is 11.5 Å². The number of carboxylic acid groups (broad SMARTS) is 1. The number of para-hydroxylation sites is 1. The van der Waals surface area contributed by atoms with Crippen LogP contribution in [0.15, 0.2) is 91.0 Å². The first-order valence-electron chi connectivity index (χ1n) is 13.3. The average Bonchev–Trinajstić information content (AvgIpc) is 3.31. The van der Waals surface area contributed by atoms with E-state index >= 15 is 0 Å². The number of nitrogens with zero attached hydrogens (tertiary/aromatic N) is 2. The van der Waals surface area contributed by atoms with E-state index in [4.69, 9.17) is 19.6 Å². The number of rotatable bonds is 10. The highest BCUT2D eigenvalue weighted by Crippen LogP contribution is 2.33. The summed E-state index contributed by atoms with van der Waals surface area (Å²) >= 11 is 0. The summed E-state index contributed by atoms with van der Waals surface area (Å²) < 4.78 is 13.6. The molecule has 0 fully saturated rings. The van der Waals surface area contributed by atoms with Gasteiger partial charge in [0.15, 0.2) is 0 Å². The molecule has 0 spiro atoms. The summed E-state index contributed by atoms with van der Waals surface area (Å²) in [5.74, 6) is 2.19. The lowest BCUT2D eigenvalue weighted by atomic mass is 10.0. The van der Waals surface area contributed by atoms with Crippen molar-refractivity contribution in [2.24, 2.45) is 0 Å². The van der Waals surface area contributed by atoms with Crippen molar-refractivity contribution in [3.8, 4) is 22.6 Å². The average molecular weight is 521 g/mol. The molecule has 0 radical (unpaired) electrons. The minimum atomic E-state index is -1.33. The zero-order chi connectivity index (χ0) is 27.2. The van der Waals surface area contributed by atoms with Gasteiger partial charge in [-0.25, -0.2) is 9.78 Å². The van der Waals surface area contributed by atoms with E-state index in [1.54, 1.807) is 12.1 Å². The van der Waals surface area contributed by atoms with Crippen molar-refractivity contribution in [3.05, 3.63) is 114 Å². The SMILES string of the molecule is CCCCc1nc2c(C)ccc(OCc3ccccc3)c2n1Cc1ccc(-c2ccccc2OC(=O)O)cc1. The number of aryl methyl sites for hydroxylation is 2. The van der Waals surface area contributed by atoms with Crippen LogP contribution < -0.4 is 9.47 Å². The highest BCUT2D eigenvalue weighted by Gasteiger charge is 2.18.